The van der Waals surface area contributed by atoms with Crippen molar-refractivity contribution < 1.29 is 4.74 Å². The van der Waals surface area contributed by atoms with Crippen LogP contribution in [0.4, 0.5) is 0 Å². The summed E-state index contributed by atoms with van der Waals surface area (Å²) < 4.78 is 7.10. The number of guanidine groups is 1. The van der Waals surface area contributed by atoms with Crippen molar-refractivity contribution in [3.63, 3.8) is 0 Å². The minimum absolute atomic E-state index is 0. The molecular formula is C18H28IN7O. The van der Waals surface area contributed by atoms with E-state index in [0.717, 1.165) is 55.7 Å². The number of methoxy groups -OCH3 is 1. The van der Waals surface area contributed by atoms with Crippen molar-refractivity contribution in [3.8, 4) is 0 Å². The van der Waals surface area contributed by atoms with Gasteiger partial charge in [-0.25, -0.2) is 9.67 Å². The number of rotatable bonds is 7. The van der Waals surface area contributed by atoms with Crippen molar-refractivity contribution in [2.24, 2.45) is 4.99 Å². The third-order valence-corrected chi connectivity index (χ3v) is 4.22. The molecule has 2 aromatic rings. The first-order valence-electron chi connectivity index (χ1n) is 9.14. The van der Waals surface area contributed by atoms with Crippen LogP contribution in [-0.4, -0.2) is 51.9 Å². The van der Waals surface area contributed by atoms with Crippen LogP contribution in [-0.2, 0) is 30.7 Å². The van der Waals surface area contributed by atoms with E-state index in [1.807, 2.05) is 29.1 Å². The summed E-state index contributed by atoms with van der Waals surface area (Å²) >= 11 is 0. The van der Waals surface area contributed by atoms with Gasteiger partial charge in [0.05, 0.1) is 6.54 Å². The lowest BCUT2D eigenvalue weighted by atomic mass is 10.1. The molecule has 0 saturated heterocycles. The van der Waals surface area contributed by atoms with Crippen LogP contribution in [0, 0.1) is 0 Å². The zero-order chi connectivity index (χ0) is 18.2. The predicted octanol–water partition coefficient (Wildman–Crippen LogP) is 1.55. The van der Waals surface area contributed by atoms with Gasteiger partial charge in [0.1, 0.15) is 12.4 Å². The lowest BCUT2D eigenvalue weighted by molar-refractivity contribution is 0.177. The van der Waals surface area contributed by atoms with Crippen molar-refractivity contribution in [1.82, 2.24) is 30.4 Å². The van der Waals surface area contributed by atoms with Gasteiger partial charge in [-0.1, -0.05) is 6.07 Å². The van der Waals surface area contributed by atoms with E-state index in [1.165, 1.54) is 0 Å². The summed E-state index contributed by atoms with van der Waals surface area (Å²) in [5.41, 5.74) is 1.06. The Morgan fingerprint density at radius 2 is 2.30 bits per heavy atom. The fourth-order valence-electron chi connectivity index (χ4n) is 3.01. The van der Waals surface area contributed by atoms with E-state index in [0.29, 0.717) is 13.2 Å². The molecule has 0 aliphatic carbocycles. The Balaban J connectivity index is 0.00000261. The Kier molecular flexibility index (Phi) is 8.92. The van der Waals surface area contributed by atoms with E-state index < -0.39 is 0 Å². The molecule has 1 aliphatic heterocycles. The maximum atomic E-state index is 5.12. The lowest BCUT2D eigenvalue weighted by Gasteiger charge is -2.25. The van der Waals surface area contributed by atoms with Crippen molar-refractivity contribution in [3.05, 3.63) is 41.7 Å². The SMILES string of the molecule is CCNC(=NCCc1ccccn1)NC1CCc2nc(COC)nn2C1.I. The number of ether oxygens (including phenoxy) is 1. The summed E-state index contributed by atoms with van der Waals surface area (Å²) in [5.74, 6) is 2.63. The van der Waals surface area contributed by atoms with Crippen molar-refractivity contribution in [2.75, 3.05) is 20.2 Å². The molecule has 0 saturated carbocycles. The second-order valence-corrected chi connectivity index (χ2v) is 6.27. The van der Waals surface area contributed by atoms with Crippen LogP contribution in [0.3, 0.4) is 0 Å². The third kappa shape index (κ3) is 6.42. The topological polar surface area (TPSA) is 89.2 Å². The Morgan fingerprint density at radius 3 is 3.04 bits per heavy atom. The number of nitrogens with one attached hydrogen (secondary N) is 2. The van der Waals surface area contributed by atoms with Crippen LogP contribution in [0.25, 0.3) is 0 Å². The fourth-order valence-corrected chi connectivity index (χ4v) is 3.01. The highest BCUT2D eigenvalue weighted by Gasteiger charge is 2.22. The van der Waals surface area contributed by atoms with Gasteiger partial charge in [0.2, 0.25) is 0 Å². The molecule has 27 heavy (non-hydrogen) atoms. The van der Waals surface area contributed by atoms with Crippen molar-refractivity contribution in [2.45, 2.75) is 45.4 Å². The van der Waals surface area contributed by atoms with Gasteiger partial charge in [-0.15, -0.1) is 24.0 Å². The second-order valence-electron chi connectivity index (χ2n) is 6.27. The number of fused-ring (bicyclic) bond motifs is 1. The summed E-state index contributed by atoms with van der Waals surface area (Å²) in [6.45, 7) is 4.84. The van der Waals surface area contributed by atoms with E-state index in [4.69, 9.17) is 4.74 Å². The lowest BCUT2D eigenvalue weighted by Crippen LogP contribution is -2.47. The molecule has 1 unspecified atom stereocenters. The number of aromatic nitrogens is 4. The molecule has 2 N–H and O–H groups in total. The first-order chi connectivity index (χ1) is 12.8. The number of halogens is 1. The maximum Gasteiger partial charge on any atom is 0.191 e. The Morgan fingerprint density at radius 1 is 1.41 bits per heavy atom. The summed E-state index contributed by atoms with van der Waals surface area (Å²) in [6.07, 6.45) is 4.56. The molecule has 0 fully saturated rings. The smallest absolute Gasteiger partial charge is 0.191 e. The molecule has 1 atom stereocenters. The van der Waals surface area contributed by atoms with E-state index in [2.05, 4.69) is 37.6 Å². The van der Waals surface area contributed by atoms with Crippen LogP contribution >= 0.6 is 24.0 Å². The number of hydrogen-bond acceptors (Lipinski definition) is 5. The fraction of sp³-hybridized carbons (Fsp3) is 0.556. The number of pyridine rings is 1. The zero-order valence-corrected chi connectivity index (χ0v) is 18.2. The molecule has 148 valence electrons. The molecule has 3 heterocycles. The first kappa shape index (κ1) is 21.5. The normalized spacial score (nSPS) is 16.4. The van der Waals surface area contributed by atoms with E-state index >= 15 is 0 Å². The summed E-state index contributed by atoms with van der Waals surface area (Å²) in [6, 6.07) is 6.25. The third-order valence-electron chi connectivity index (χ3n) is 4.22. The predicted molar refractivity (Wildman–Crippen MR) is 115 cm³/mol. The average Bonchev–Trinajstić information content (AvgIpc) is 3.05. The van der Waals surface area contributed by atoms with E-state index in [9.17, 15) is 0 Å². The van der Waals surface area contributed by atoms with Gasteiger partial charge in [-0.2, -0.15) is 5.10 Å². The van der Waals surface area contributed by atoms with Gasteiger partial charge in [0, 0.05) is 51.0 Å². The standard InChI is InChI=1S/C18H27N7O.HI/c1-3-19-18(21-11-9-14-6-4-5-10-20-14)22-15-7-8-17-23-16(13-26-2)24-25(17)12-15;/h4-6,10,15H,3,7-9,11-13H2,1-2H3,(H2,19,21,22);1H. The first-order valence-corrected chi connectivity index (χ1v) is 9.14. The molecule has 8 nitrogen and oxygen atoms in total. The zero-order valence-electron chi connectivity index (χ0n) is 15.9. The number of nitrogens with zero attached hydrogens (tertiary/aromatic N) is 5. The Labute approximate surface area is 177 Å². The maximum absolute atomic E-state index is 5.12. The molecule has 9 heteroatoms. The number of aryl methyl sites for hydroxylation is 1. The van der Waals surface area contributed by atoms with Crippen molar-refractivity contribution in [1.29, 1.82) is 0 Å². The molecule has 3 rings (SSSR count). The highest BCUT2D eigenvalue weighted by atomic mass is 127. The molecule has 0 spiro atoms. The quantitative estimate of drug-likeness (QED) is 0.352. The van der Waals surface area contributed by atoms with Gasteiger partial charge in [-0.05, 0) is 25.5 Å². The van der Waals surface area contributed by atoms with Crippen molar-refractivity contribution >= 4 is 29.9 Å². The summed E-state index contributed by atoms with van der Waals surface area (Å²) in [4.78, 5) is 13.5. The van der Waals surface area contributed by atoms with Gasteiger partial charge in [0.25, 0.3) is 0 Å². The number of hydrogen-bond donors (Lipinski definition) is 2. The highest BCUT2D eigenvalue weighted by molar-refractivity contribution is 14.0. The molecule has 0 radical (unpaired) electrons. The average molecular weight is 485 g/mol. The van der Waals surface area contributed by atoms with E-state index in [-0.39, 0.29) is 30.0 Å². The molecular weight excluding hydrogens is 457 g/mol. The Bertz CT molecular complexity index is 720. The minimum atomic E-state index is 0. The summed E-state index contributed by atoms with van der Waals surface area (Å²) in [5, 5.41) is 11.4. The van der Waals surface area contributed by atoms with Crippen LogP contribution in [0.15, 0.2) is 29.4 Å². The van der Waals surface area contributed by atoms with Crippen LogP contribution in [0.2, 0.25) is 0 Å². The molecule has 0 amide bonds. The second kappa shape index (κ2) is 11.2. The number of aliphatic imine (C=N–C) groups is 1. The Hall–Kier alpha value is -1.75. The minimum Gasteiger partial charge on any atom is -0.377 e. The molecule has 1 aliphatic rings. The summed E-state index contributed by atoms with van der Waals surface area (Å²) in [7, 11) is 1.66. The molecule has 0 bridgehead atoms. The van der Waals surface area contributed by atoms with Gasteiger partial charge in [-0.3, -0.25) is 9.98 Å². The monoisotopic (exact) mass is 485 g/mol. The van der Waals surface area contributed by atoms with Gasteiger partial charge in [0.15, 0.2) is 11.8 Å². The van der Waals surface area contributed by atoms with E-state index in [1.54, 1.807) is 7.11 Å². The van der Waals surface area contributed by atoms with Gasteiger partial charge < -0.3 is 15.4 Å². The van der Waals surface area contributed by atoms with Crippen LogP contribution < -0.4 is 10.6 Å². The largest absolute Gasteiger partial charge is 0.377 e. The van der Waals surface area contributed by atoms with Crippen LogP contribution in [0.5, 0.6) is 0 Å². The molecule has 0 aromatic carbocycles. The van der Waals surface area contributed by atoms with Gasteiger partial charge >= 0.3 is 0 Å². The highest BCUT2D eigenvalue weighted by Crippen LogP contribution is 2.13. The molecule has 2 aromatic heterocycles. The van der Waals surface area contributed by atoms with Crippen LogP contribution in [0.1, 0.15) is 30.7 Å².